The lowest BCUT2D eigenvalue weighted by atomic mass is 9.86. The fraction of sp³-hybridized carbons (Fsp3) is 0.444. The van der Waals surface area contributed by atoms with Crippen LogP contribution in [0.15, 0.2) is 106 Å². The van der Waals surface area contributed by atoms with Crippen molar-refractivity contribution in [2.75, 3.05) is 7.11 Å². The average molecular weight is 579 g/mol. The molecule has 0 aromatic rings. The highest BCUT2D eigenvalue weighted by Gasteiger charge is 2.41. The molecule has 43 heavy (non-hydrogen) atoms. The van der Waals surface area contributed by atoms with Crippen LogP contribution in [0.2, 0.25) is 0 Å². The molecule has 1 aliphatic carbocycles. The van der Waals surface area contributed by atoms with E-state index in [1.807, 2.05) is 6.92 Å². The van der Waals surface area contributed by atoms with Gasteiger partial charge < -0.3 is 15.2 Å². The van der Waals surface area contributed by atoms with Crippen LogP contribution in [0, 0.1) is 17.8 Å². The van der Waals surface area contributed by atoms with Gasteiger partial charge in [0.15, 0.2) is 0 Å². The second kappa shape index (κ2) is 10.9. The predicted octanol–water partition coefficient (Wildman–Crippen LogP) is 7.66. The van der Waals surface area contributed by atoms with Crippen molar-refractivity contribution >= 4 is 23.1 Å². The van der Waals surface area contributed by atoms with E-state index < -0.39 is 0 Å². The van der Waals surface area contributed by atoms with E-state index >= 15 is 0 Å². The van der Waals surface area contributed by atoms with E-state index in [0.29, 0.717) is 30.9 Å². The number of nitrogens with zero attached hydrogens (tertiary/aromatic N) is 3. The third-order valence-electron chi connectivity index (χ3n) is 10.1. The average Bonchev–Trinajstić information content (AvgIpc) is 3.74. The molecule has 0 radical (unpaired) electrons. The van der Waals surface area contributed by atoms with Crippen molar-refractivity contribution in [2.45, 2.75) is 80.6 Å². The van der Waals surface area contributed by atoms with E-state index in [9.17, 15) is 9.90 Å². The van der Waals surface area contributed by atoms with Crippen LogP contribution in [0.5, 0.6) is 0 Å². The number of esters is 1. The Morgan fingerprint density at radius 1 is 1.05 bits per heavy atom. The zero-order chi connectivity index (χ0) is 30.7. The number of aliphatic hydroxyl groups excluding tert-OH is 1. The summed E-state index contributed by atoms with van der Waals surface area (Å²) in [6.07, 6.45) is 9.67. The largest absolute Gasteiger partial charge is 0.511 e. The molecule has 0 aromatic heterocycles. The molecule has 1 saturated heterocycles. The van der Waals surface area contributed by atoms with Crippen molar-refractivity contribution in [3.05, 3.63) is 91.5 Å². The first-order chi connectivity index (χ1) is 20.6. The quantitative estimate of drug-likeness (QED) is 0.316. The highest BCUT2D eigenvalue weighted by atomic mass is 16.5. The number of hydrogen-bond acceptors (Lipinski definition) is 7. The molecule has 8 bridgehead atoms. The van der Waals surface area contributed by atoms with Crippen molar-refractivity contribution in [2.24, 2.45) is 32.7 Å². The summed E-state index contributed by atoms with van der Waals surface area (Å²) < 4.78 is 5.00. The van der Waals surface area contributed by atoms with E-state index in [2.05, 4.69) is 65.1 Å². The fourth-order valence-corrected chi connectivity index (χ4v) is 7.33. The molecule has 1 fully saturated rings. The maximum absolute atomic E-state index is 12.2. The summed E-state index contributed by atoms with van der Waals surface area (Å²) in [7, 11) is 1.43. The predicted molar refractivity (Wildman–Crippen MR) is 173 cm³/mol. The van der Waals surface area contributed by atoms with E-state index in [1.165, 1.54) is 29.4 Å². The Balaban J connectivity index is 1.60. The lowest BCUT2D eigenvalue weighted by Gasteiger charge is -2.17. The number of aliphatic hydroxyl groups is 1. The summed E-state index contributed by atoms with van der Waals surface area (Å²) in [6, 6.07) is 0. The summed E-state index contributed by atoms with van der Waals surface area (Å²) in [5.41, 5.74) is 15.2. The zero-order valence-electron chi connectivity index (χ0n) is 26.6. The summed E-state index contributed by atoms with van der Waals surface area (Å²) in [4.78, 5) is 27.7. The number of hydrogen-bond donors (Lipinski definition) is 2. The van der Waals surface area contributed by atoms with E-state index in [-0.39, 0.29) is 17.8 Å². The van der Waals surface area contributed by atoms with E-state index in [0.717, 1.165) is 75.2 Å². The summed E-state index contributed by atoms with van der Waals surface area (Å²) in [5.74, 6) is 0.629. The number of allylic oxidation sites excluding steroid dienone is 12. The molecule has 5 heterocycles. The van der Waals surface area contributed by atoms with Gasteiger partial charge in [-0.05, 0) is 92.0 Å². The van der Waals surface area contributed by atoms with Gasteiger partial charge in [0.1, 0.15) is 5.76 Å². The Hall–Kier alpha value is -4.00. The standard InChI is InChI=1S/C36H42N4O3/c1-9-17(3)33-20(6)27-14-26-19(5)23(11-12-32(42)43-8)35(39-26)24-13-31(41)34-21(7)28(40-36(24)34)15-29-22(10-2)18(4)25(37-29)16-30(33)38-27/h14-17,19,23,39,41H,9-13H2,1-8H3/t17?,19-,23-/m0/s1. The van der Waals surface area contributed by atoms with Crippen LogP contribution in [0.1, 0.15) is 80.6 Å². The monoisotopic (exact) mass is 578 g/mol. The Labute approximate surface area is 254 Å². The molecule has 7 heteroatoms. The summed E-state index contributed by atoms with van der Waals surface area (Å²) in [5, 5.41) is 15.0. The minimum Gasteiger partial charge on any atom is -0.511 e. The van der Waals surface area contributed by atoms with Gasteiger partial charge in [0.25, 0.3) is 0 Å². The number of fused-ring (bicyclic) bond motifs is 5. The number of aliphatic imine (C=N–C) groups is 3. The molecular weight excluding hydrogens is 536 g/mol. The van der Waals surface area contributed by atoms with Crippen molar-refractivity contribution in [1.29, 1.82) is 0 Å². The number of ether oxygens (including phenoxy) is 1. The van der Waals surface area contributed by atoms with Gasteiger partial charge in [-0.2, -0.15) is 0 Å². The molecule has 6 aliphatic rings. The minimum absolute atomic E-state index is 0.0442. The van der Waals surface area contributed by atoms with Crippen LogP contribution in [0.4, 0.5) is 0 Å². The molecule has 2 N–H and O–H groups in total. The number of rotatable bonds is 6. The number of carbonyl (C=O) groups excluding carboxylic acids is 1. The molecular formula is C36H42N4O3. The molecule has 3 atom stereocenters. The van der Waals surface area contributed by atoms with Crippen molar-refractivity contribution in [3.63, 3.8) is 0 Å². The maximum atomic E-state index is 12.2. The Morgan fingerprint density at radius 2 is 1.77 bits per heavy atom. The fourth-order valence-electron chi connectivity index (χ4n) is 7.33. The molecule has 5 aliphatic heterocycles. The van der Waals surface area contributed by atoms with Gasteiger partial charge in [-0.25, -0.2) is 15.0 Å². The highest BCUT2D eigenvalue weighted by Crippen LogP contribution is 2.46. The smallest absolute Gasteiger partial charge is 0.305 e. The molecule has 6 rings (SSSR count). The normalized spacial score (nSPS) is 25.2. The van der Waals surface area contributed by atoms with E-state index in [4.69, 9.17) is 19.7 Å². The summed E-state index contributed by atoms with van der Waals surface area (Å²) in [6.45, 7) is 15.2. The van der Waals surface area contributed by atoms with E-state index in [1.54, 1.807) is 0 Å². The van der Waals surface area contributed by atoms with Gasteiger partial charge >= 0.3 is 5.97 Å². The molecule has 224 valence electrons. The first-order valence-electron chi connectivity index (χ1n) is 15.6. The van der Waals surface area contributed by atoms with Crippen LogP contribution in [-0.2, 0) is 9.53 Å². The third kappa shape index (κ3) is 4.64. The second-order valence-corrected chi connectivity index (χ2v) is 12.5. The zero-order valence-corrected chi connectivity index (χ0v) is 26.6. The van der Waals surface area contributed by atoms with Gasteiger partial charge in [0, 0.05) is 47.2 Å². The molecule has 0 saturated carbocycles. The van der Waals surface area contributed by atoms with Crippen LogP contribution in [0.25, 0.3) is 0 Å². The molecule has 1 unspecified atom stereocenters. The van der Waals surface area contributed by atoms with Crippen LogP contribution in [-0.4, -0.2) is 35.3 Å². The van der Waals surface area contributed by atoms with Crippen LogP contribution >= 0.6 is 0 Å². The first kappa shape index (κ1) is 29.1. The van der Waals surface area contributed by atoms with Crippen molar-refractivity contribution < 1.29 is 14.6 Å². The Kier molecular flexibility index (Phi) is 7.39. The maximum Gasteiger partial charge on any atom is 0.305 e. The molecule has 0 aromatic carbocycles. The molecule has 7 nitrogen and oxygen atoms in total. The first-order valence-corrected chi connectivity index (χ1v) is 15.6. The Morgan fingerprint density at radius 3 is 2.47 bits per heavy atom. The van der Waals surface area contributed by atoms with Gasteiger partial charge in [0.2, 0.25) is 0 Å². The van der Waals surface area contributed by atoms with Crippen molar-refractivity contribution in [3.8, 4) is 0 Å². The number of nitrogens with one attached hydrogen (secondary N) is 1. The lowest BCUT2D eigenvalue weighted by molar-refractivity contribution is -0.140. The van der Waals surface area contributed by atoms with Gasteiger partial charge in [-0.1, -0.05) is 27.7 Å². The lowest BCUT2D eigenvalue weighted by Crippen LogP contribution is -2.16. The van der Waals surface area contributed by atoms with Gasteiger partial charge in [-0.3, -0.25) is 4.79 Å². The second-order valence-electron chi connectivity index (χ2n) is 12.5. The minimum atomic E-state index is -0.219. The number of carbonyl (C=O) groups is 1. The van der Waals surface area contributed by atoms with Crippen LogP contribution in [0.3, 0.4) is 0 Å². The third-order valence-corrected chi connectivity index (χ3v) is 10.1. The molecule has 0 spiro atoms. The topological polar surface area (TPSA) is 95.6 Å². The highest BCUT2D eigenvalue weighted by molar-refractivity contribution is 6.21. The van der Waals surface area contributed by atoms with Crippen LogP contribution < -0.4 is 5.32 Å². The van der Waals surface area contributed by atoms with Gasteiger partial charge in [-0.15, -0.1) is 0 Å². The van der Waals surface area contributed by atoms with Crippen molar-refractivity contribution in [1.82, 2.24) is 5.32 Å². The van der Waals surface area contributed by atoms with Gasteiger partial charge in [0.05, 0.1) is 41.3 Å². The summed E-state index contributed by atoms with van der Waals surface area (Å²) >= 11 is 0. The molecule has 0 amide bonds. The number of methoxy groups -OCH3 is 1. The SMILES string of the molecule is CCC1=C(C)C2=NC1=CC1=C(C)C3=C(O)CC(=C4NC(=CC5=NC(=C2)C(C(C)CC)=C5C)[C@@H](C)[C@@H]4CCC(=O)OC)C3=N1. The Bertz CT molecular complexity index is 1700.